The lowest BCUT2D eigenvalue weighted by atomic mass is 10.1. The van der Waals surface area contributed by atoms with Gasteiger partial charge in [0.15, 0.2) is 17.5 Å². The number of rotatable bonds is 9. The topological polar surface area (TPSA) is 88.5 Å². The van der Waals surface area contributed by atoms with Crippen LogP contribution in [-0.4, -0.2) is 55.7 Å². The molecule has 0 spiro atoms. The minimum Gasteiger partial charge on any atom is -0.462 e. The van der Waals surface area contributed by atoms with E-state index in [1.165, 1.54) is 11.8 Å². The summed E-state index contributed by atoms with van der Waals surface area (Å²) in [6.45, 7) is 5.47. The molecule has 0 atom stereocenters. The number of hydrogen-bond acceptors (Lipinski definition) is 10. The molecule has 1 saturated heterocycles. The smallest absolute Gasteiger partial charge is 0.338 e. The van der Waals surface area contributed by atoms with Crippen LogP contribution in [0.3, 0.4) is 0 Å². The Bertz CT molecular complexity index is 1720. The van der Waals surface area contributed by atoms with Crippen LogP contribution in [0.25, 0.3) is 11.4 Å². The average molecular weight is 812 g/mol. The Morgan fingerprint density at radius 2 is 1.55 bits per heavy atom. The molecule has 0 saturated carbocycles. The maximum Gasteiger partial charge on any atom is 0.338 e. The van der Waals surface area contributed by atoms with Crippen LogP contribution >= 0.6 is 105 Å². The van der Waals surface area contributed by atoms with Crippen molar-refractivity contribution < 1.29 is 14.3 Å². The molecule has 5 rings (SSSR count). The van der Waals surface area contributed by atoms with Crippen molar-refractivity contribution in [2.75, 3.05) is 24.6 Å². The van der Waals surface area contributed by atoms with Crippen LogP contribution in [-0.2, 0) is 17.1 Å². The number of benzene rings is 2. The van der Waals surface area contributed by atoms with E-state index in [0.29, 0.717) is 39.9 Å². The molecule has 0 aliphatic carbocycles. The van der Waals surface area contributed by atoms with Crippen LogP contribution < -0.4 is 4.90 Å². The van der Waals surface area contributed by atoms with Gasteiger partial charge in [-0.3, -0.25) is 9.69 Å². The van der Waals surface area contributed by atoms with Gasteiger partial charge in [-0.1, -0.05) is 124 Å². The Balaban J connectivity index is 1.17. The molecular weight excluding hydrogens is 787 g/mol. The number of carbonyl (C=O) groups is 2. The van der Waals surface area contributed by atoms with Crippen LogP contribution in [0.5, 0.6) is 0 Å². The van der Waals surface area contributed by atoms with E-state index in [1.54, 1.807) is 40.9 Å². The molecule has 1 amide bonds. The highest BCUT2D eigenvalue weighted by Gasteiger charge is 2.38. The predicted molar refractivity (Wildman–Crippen MR) is 197 cm³/mol. The Kier molecular flexibility index (Phi) is 11.8. The zero-order valence-corrected chi connectivity index (χ0v) is 31.7. The molecule has 2 aliphatic rings. The number of ether oxygens (including phenoxy) is 1. The fraction of sp³-hybridized carbons (Fsp3) is 0.333. The SMILES string of the molecule is CCN1C(=O)/C(=C2/Sc3cc(C)ccc3N2CCCCCOC(=O)c2ccc(-c3nc(C(Cl)(Cl)Cl)nc(C(Cl)(Cl)Cl)n3)cc2)SC1=S. The minimum absolute atomic E-state index is 0.0482. The van der Waals surface area contributed by atoms with E-state index in [9.17, 15) is 9.59 Å². The summed E-state index contributed by atoms with van der Waals surface area (Å²) in [6.07, 6.45) is 2.31. The number of unbranched alkanes of at least 4 members (excludes halogenated alkanes) is 2. The number of amides is 1. The number of alkyl halides is 6. The van der Waals surface area contributed by atoms with E-state index in [2.05, 4.69) is 45.0 Å². The molecule has 1 fully saturated rings. The number of thiocarbonyl (C=S) groups is 1. The summed E-state index contributed by atoms with van der Waals surface area (Å²) in [6, 6.07) is 12.7. The van der Waals surface area contributed by atoms with Crippen molar-refractivity contribution in [1.82, 2.24) is 19.9 Å². The number of carbonyl (C=O) groups excluding carboxylic acids is 2. The molecule has 3 heterocycles. The summed E-state index contributed by atoms with van der Waals surface area (Å²) in [5.41, 5.74) is 3.05. The highest BCUT2D eigenvalue weighted by Crippen LogP contribution is 2.51. The first-order valence-corrected chi connectivity index (χ1v) is 18.5. The van der Waals surface area contributed by atoms with Crippen LogP contribution in [0, 0.1) is 6.92 Å². The van der Waals surface area contributed by atoms with Crippen LogP contribution in [0.4, 0.5) is 5.69 Å². The van der Waals surface area contributed by atoms with Gasteiger partial charge in [0.2, 0.25) is 7.59 Å². The Morgan fingerprint density at radius 1 is 0.894 bits per heavy atom. The number of hydrogen-bond donors (Lipinski definition) is 0. The molecule has 2 aromatic carbocycles. The summed E-state index contributed by atoms with van der Waals surface area (Å²) in [5.74, 6) is -0.862. The first kappa shape index (κ1) is 36.7. The van der Waals surface area contributed by atoms with Gasteiger partial charge in [0.25, 0.3) is 5.91 Å². The van der Waals surface area contributed by atoms with Crippen LogP contribution in [0.15, 0.2) is 57.3 Å². The van der Waals surface area contributed by atoms with Crippen molar-refractivity contribution in [2.24, 2.45) is 0 Å². The van der Waals surface area contributed by atoms with Gasteiger partial charge in [-0.15, -0.1) is 0 Å². The van der Waals surface area contributed by atoms with E-state index in [-0.39, 0.29) is 30.0 Å². The molecule has 0 radical (unpaired) electrons. The second kappa shape index (κ2) is 15.1. The highest BCUT2D eigenvalue weighted by atomic mass is 35.6. The van der Waals surface area contributed by atoms with E-state index < -0.39 is 13.6 Å². The molecule has 0 bridgehead atoms. The molecule has 17 heteroatoms. The van der Waals surface area contributed by atoms with E-state index in [1.807, 2.05) is 6.92 Å². The summed E-state index contributed by atoms with van der Waals surface area (Å²) in [7, 11) is 0. The third-order valence-electron chi connectivity index (χ3n) is 7.00. The van der Waals surface area contributed by atoms with Gasteiger partial charge in [-0.05, 0) is 62.9 Å². The number of aromatic nitrogens is 3. The third kappa shape index (κ3) is 8.61. The average Bonchev–Trinajstić information content (AvgIpc) is 3.51. The number of likely N-dealkylation sites (N-methyl/N-ethyl adjacent to an activating group) is 1. The molecule has 0 unspecified atom stereocenters. The molecule has 47 heavy (non-hydrogen) atoms. The maximum absolute atomic E-state index is 13.1. The first-order valence-electron chi connectivity index (χ1n) is 14.2. The van der Waals surface area contributed by atoms with Gasteiger partial charge in [-0.25, -0.2) is 19.7 Å². The second-order valence-electron chi connectivity index (χ2n) is 10.4. The van der Waals surface area contributed by atoms with Crippen LogP contribution in [0.1, 0.15) is 53.8 Å². The van der Waals surface area contributed by atoms with E-state index in [4.69, 9.17) is 86.6 Å². The lowest BCUT2D eigenvalue weighted by molar-refractivity contribution is -0.122. The monoisotopic (exact) mass is 809 g/mol. The molecule has 0 N–H and O–H groups in total. The number of anilines is 1. The number of halogens is 6. The van der Waals surface area contributed by atoms with Gasteiger partial charge in [0.05, 0.1) is 17.9 Å². The van der Waals surface area contributed by atoms with E-state index >= 15 is 0 Å². The van der Waals surface area contributed by atoms with Gasteiger partial charge in [-0.2, -0.15) is 0 Å². The minimum atomic E-state index is -1.98. The van der Waals surface area contributed by atoms with Crippen LogP contribution in [0.2, 0.25) is 0 Å². The highest BCUT2D eigenvalue weighted by molar-refractivity contribution is 8.27. The lowest BCUT2D eigenvalue weighted by Crippen LogP contribution is -2.28. The number of esters is 1. The largest absolute Gasteiger partial charge is 0.462 e. The van der Waals surface area contributed by atoms with Crippen molar-refractivity contribution in [3.05, 3.63) is 75.2 Å². The number of aryl methyl sites for hydroxylation is 1. The molecular formula is C30H25Cl6N5O3S3. The molecule has 2 aliphatic heterocycles. The second-order valence-corrected chi connectivity index (χ2v) is 17.6. The van der Waals surface area contributed by atoms with E-state index in [0.717, 1.165) is 34.0 Å². The Labute approximate surface area is 315 Å². The van der Waals surface area contributed by atoms with Gasteiger partial charge >= 0.3 is 5.97 Å². The zero-order valence-electron chi connectivity index (χ0n) is 24.7. The maximum atomic E-state index is 13.1. The van der Waals surface area contributed by atoms with Crippen molar-refractivity contribution >= 4 is 127 Å². The zero-order chi connectivity index (χ0) is 34.1. The van der Waals surface area contributed by atoms with Crippen molar-refractivity contribution in [1.29, 1.82) is 0 Å². The number of nitrogens with zero attached hydrogens (tertiary/aromatic N) is 5. The summed E-state index contributed by atoms with van der Waals surface area (Å²) in [5, 5.41) is 0.915. The third-order valence-corrected chi connectivity index (χ3v) is 10.7. The Hall–Kier alpha value is -1.54. The molecule has 248 valence electrons. The fourth-order valence-corrected chi connectivity index (χ4v) is 8.02. The van der Waals surface area contributed by atoms with Crippen molar-refractivity contribution in [3.63, 3.8) is 0 Å². The predicted octanol–water partition coefficient (Wildman–Crippen LogP) is 9.49. The van der Waals surface area contributed by atoms with Gasteiger partial charge in [0, 0.05) is 23.5 Å². The molecule has 3 aromatic rings. The Morgan fingerprint density at radius 3 is 2.15 bits per heavy atom. The normalized spacial score (nSPS) is 16.7. The summed E-state index contributed by atoms with van der Waals surface area (Å²) < 4.78 is 2.13. The molecule has 1 aromatic heterocycles. The van der Waals surface area contributed by atoms with Crippen molar-refractivity contribution in [3.8, 4) is 11.4 Å². The van der Waals surface area contributed by atoms with Gasteiger partial charge < -0.3 is 9.64 Å². The molecule has 8 nitrogen and oxygen atoms in total. The first-order chi connectivity index (χ1) is 22.2. The fourth-order valence-electron chi connectivity index (χ4n) is 4.70. The van der Waals surface area contributed by atoms with Gasteiger partial charge in [0.1, 0.15) is 14.3 Å². The number of thioether (sulfide) groups is 2. The number of fused-ring (bicyclic) bond motifs is 1. The lowest BCUT2D eigenvalue weighted by Gasteiger charge is -2.21. The summed E-state index contributed by atoms with van der Waals surface area (Å²) in [4.78, 5) is 43.8. The quantitative estimate of drug-likeness (QED) is 0.0685. The summed E-state index contributed by atoms with van der Waals surface area (Å²) >= 11 is 44.2. The standard InChI is InChI=1S/C30H25Cl6N5O3S3/c1-3-40-23(42)21(47-28(40)45)24-41(19-12-7-16(2)15-20(19)46-24)13-5-4-6-14-44-25(43)18-10-8-17(9-11-18)22-37-26(29(31,32)33)39-27(38-22)30(34,35)36/h7-12,15H,3-6,13-14H2,1-2H3/b24-21-. The van der Waals surface area contributed by atoms with Crippen molar-refractivity contribution in [2.45, 2.75) is 45.6 Å².